The van der Waals surface area contributed by atoms with Crippen molar-refractivity contribution in [2.45, 2.75) is 97.3 Å². The number of aliphatic carboxylic acids is 1. The van der Waals surface area contributed by atoms with Gasteiger partial charge in [0.2, 0.25) is 0 Å². The Hall–Kier alpha value is -0.880. The number of unbranched alkanes of at least 4 members (excludes halogenated alkanes) is 11. The second-order valence-corrected chi connectivity index (χ2v) is 7.56. The van der Waals surface area contributed by atoms with Crippen LogP contribution in [0.4, 0.5) is 0 Å². The van der Waals surface area contributed by atoms with Crippen molar-refractivity contribution < 1.29 is 34.3 Å². The van der Waals surface area contributed by atoms with E-state index in [2.05, 4.69) is 6.92 Å². The van der Waals surface area contributed by atoms with Crippen molar-refractivity contribution in [3.8, 4) is 0 Å². The molecule has 0 amide bonds. The summed E-state index contributed by atoms with van der Waals surface area (Å²) in [6.45, 7) is 3.71. The van der Waals surface area contributed by atoms with Crippen LogP contribution in [-0.2, 0) is 9.36 Å². The van der Waals surface area contributed by atoms with Gasteiger partial charge in [-0.05, 0) is 13.3 Å². The van der Waals surface area contributed by atoms with Gasteiger partial charge in [0.15, 0.2) is 0 Å². The Balaban J connectivity index is 0. The molecule has 0 aliphatic rings. The van der Waals surface area contributed by atoms with Crippen LogP contribution in [0.15, 0.2) is 11.3 Å². The Morgan fingerprint density at radius 2 is 1.04 bits per heavy atom. The molecule has 0 fully saturated rings. The minimum Gasteiger partial charge on any atom is -0.512 e. The summed E-state index contributed by atoms with van der Waals surface area (Å²) in [4.78, 5) is 32.2. The molecule has 0 bridgehead atoms. The summed E-state index contributed by atoms with van der Waals surface area (Å²) < 4.78 is 8.88. The topological polar surface area (TPSA) is 135 Å². The van der Waals surface area contributed by atoms with Crippen LogP contribution in [-0.4, -0.2) is 30.9 Å². The van der Waals surface area contributed by atoms with Gasteiger partial charge in [-0.3, -0.25) is 0 Å². The summed E-state index contributed by atoms with van der Waals surface area (Å²) in [7, 11) is -4.64. The minimum absolute atomic E-state index is 0.0366. The molecule has 26 heavy (non-hydrogen) atoms. The summed E-state index contributed by atoms with van der Waals surface area (Å²) in [5.41, 5.74) is 0.0815. The zero-order valence-electron chi connectivity index (χ0n) is 16.2. The summed E-state index contributed by atoms with van der Waals surface area (Å²) in [6, 6.07) is 0. The van der Waals surface area contributed by atoms with Crippen LogP contribution >= 0.6 is 7.82 Å². The molecule has 0 aliphatic carbocycles. The number of hydrogen-bond donors (Lipinski definition) is 5. The molecule has 0 rings (SSSR count). The first-order valence-corrected chi connectivity index (χ1v) is 11.1. The lowest BCUT2D eigenvalue weighted by atomic mass is 10.0. The van der Waals surface area contributed by atoms with Gasteiger partial charge in [0.1, 0.15) is 5.76 Å². The number of aliphatic hydroxyl groups excluding tert-OH is 1. The third-order valence-corrected chi connectivity index (χ3v) is 4.02. The number of rotatable bonds is 14. The molecule has 0 unspecified atom stereocenters. The van der Waals surface area contributed by atoms with E-state index >= 15 is 0 Å². The molecule has 156 valence electrons. The van der Waals surface area contributed by atoms with Crippen LogP contribution in [0.3, 0.4) is 0 Å². The Morgan fingerprint density at radius 1 is 0.731 bits per heavy atom. The first-order valence-electron chi connectivity index (χ1n) is 9.49. The Kier molecular flexibility index (Phi) is 18.4. The average molecular weight is 396 g/mol. The number of carboxylic acid groups (broad SMARTS) is 1. The highest BCUT2D eigenvalue weighted by molar-refractivity contribution is 7.45. The zero-order valence-corrected chi connectivity index (χ0v) is 17.1. The number of allylic oxidation sites excluding steroid dienone is 1. The van der Waals surface area contributed by atoms with Gasteiger partial charge < -0.3 is 24.9 Å². The molecule has 0 aromatic carbocycles. The predicted molar refractivity (Wildman–Crippen MR) is 103 cm³/mol. The lowest BCUT2D eigenvalue weighted by Gasteiger charge is -2.04. The van der Waals surface area contributed by atoms with Crippen LogP contribution in [0.5, 0.6) is 0 Å². The van der Waals surface area contributed by atoms with E-state index in [1.54, 1.807) is 0 Å². The smallest absolute Gasteiger partial charge is 0.466 e. The lowest BCUT2D eigenvalue weighted by Crippen LogP contribution is -2.01. The van der Waals surface area contributed by atoms with E-state index in [1.165, 1.54) is 71.1 Å². The summed E-state index contributed by atoms with van der Waals surface area (Å²) in [5.74, 6) is -0.985. The second-order valence-electron chi connectivity index (χ2n) is 6.53. The average Bonchev–Trinajstić information content (AvgIpc) is 2.53. The lowest BCUT2D eigenvalue weighted by molar-refractivity contribution is -0.132. The molecule has 0 radical (unpaired) electrons. The highest BCUT2D eigenvalue weighted by atomic mass is 31.2. The van der Waals surface area contributed by atoms with Gasteiger partial charge in [-0.1, -0.05) is 77.6 Å². The van der Waals surface area contributed by atoms with E-state index in [9.17, 15) is 9.90 Å². The largest absolute Gasteiger partial charge is 0.512 e. The van der Waals surface area contributed by atoms with Crippen LogP contribution in [0.25, 0.3) is 0 Å². The fourth-order valence-electron chi connectivity index (χ4n) is 2.44. The van der Waals surface area contributed by atoms with Gasteiger partial charge in [0, 0.05) is 6.42 Å². The maximum Gasteiger partial charge on any atom is 0.466 e. The highest BCUT2D eigenvalue weighted by Gasteiger charge is 2.07. The van der Waals surface area contributed by atoms with E-state index < -0.39 is 13.8 Å². The number of phosphoric acid groups is 1. The van der Waals surface area contributed by atoms with E-state index in [0.29, 0.717) is 6.42 Å². The third kappa shape index (κ3) is 25.4. The monoisotopic (exact) mass is 396 g/mol. The van der Waals surface area contributed by atoms with Crippen molar-refractivity contribution >= 4 is 13.8 Å². The Labute approximate surface area is 157 Å². The van der Waals surface area contributed by atoms with Crippen molar-refractivity contribution in [1.29, 1.82) is 0 Å². The molecule has 0 aromatic rings. The normalized spacial score (nSPS) is 12.2. The molecule has 7 nitrogen and oxygen atoms in total. The fraction of sp³-hybridized carbons (Fsp3) is 0.833. The molecule has 0 spiro atoms. The highest BCUT2D eigenvalue weighted by Crippen LogP contribution is 2.25. The molecule has 0 aliphatic heterocycles. The van der Waals surface area contributed by atoms with Crippen LogP contribution in [0.2, 0.25) is 0 Å². The van der Waals surface area contributed by atoms with E-state index in [0.717, 1.165) is 12.8 Å². The summed E-state index contributed by atoms with van der Waals surface area (Å²) in [5, 5.41) is 18.3. The molecule has 0 atom stereocenters. The Bertz CT molecular complexity index is 421. The van der Waals surface area contributed by atoms with Crippen LogP contribution in [0, 0.1) is 0 Å². The third-order valence-electron chi connectivity index (χ3n) is 4.02. The number of aliphatic hydroxyl groups is 1. The predicted octanol–water partition coefficient (Wildman–Crippen LogP) is 5.07. The van der Waals surface area contributed by atoms with Crippen molar-refractivity contribution in [2.24, 2.45) is 0 Å². The van der Waals surface area contributed by atoms with Crippen LogP contribution < -0.4 is 0 Å². The Morgan fingerprint density at radius 3 is 1.35 bits per heavy atom. The van der Waals surface area contributed by atoms with E-state index in [-0.39, 0.29) is 11.3 Å². The first-order chi connectivity index (χ1) is 12.1. The quantitative estimate of drug-likeness (QED) is 0.120. The SMILES string of the molecule is CCCCCCCCCCCCCC/C(O)=C(\C)C(=O)O.O=P(O)(O)O. The molecular formula is C18H37O7P. The fourth-order valence-corrected chi connectivity index (χ4v) is 2.44. The molecular weight excluding hydrogens is 359 g/mol. The van der Waals surface area contributed by atoms with Gasteiger partial charge in [0.25, 0.3) is 0 Å². The molecule has 0 saturated carbocycles. The molecule has 8 heteroatoms. The van der Waals surface area contributed by atoms with Gasteiger partial charge in [-0.15, -0.1) is 0 Å². The van der Waals surface area contributed by atoms with Crippen molar-refractivity contribution in [2.75, 3.05) is 0 Å². The minimum atomic E-state index is -4.64. The second kappa shape index (κ2) is 17.5. The number of carbonyl (C=O) groups is 1. The molecule has 0 heterocycles. The molecule has 0 saturated heterocycles. The zero-order chi connectivity index (χ0) is 20.4. The van der Waals surface area contributed by atoms with Gasteiger partial charge >= 0.3 is 13.8 Å². The van der Waals surface area contributed by atoms with Crippen molar-refractivity contribution in [3.63, 3.8) is 0 Å². The van der Waals surface area contributed by atoms with Gasteiger partial charge in [-0.25, -0.2) is 9.36 Å². The maximum atomic E-state index is 10.6. The first kappa shape index (κ1) is 27.3. The van der Waals surface area contributed by atoms with E-state index in [1.807, 2.05) is 0 Å². The van der Waals surface area contributed by atoms with Gasteiger partial charge in [0.05, 0.1) is 5.57 Å². The van der Waals surface area contributed by atoms with E-state index in [4.69, 9.17) is 24.4 Å². The number of carboxylic acids is 1. The maximum absolute atomic E-state index is 10.6. The van der Waals surface area contributed by atoms with Crippen LogP contribution in [0.1, 0.15) is 97.3 Å². The summed E-state index contributed by atoms with van der Waals surface area (Å²) in [6.07, 6.45) is 15.8. The number of hydrogen-bond acceptors (Lipinski definition) is 3. The van der Waals surface area contributed by atoms with Crippen molar-refractivity contribution in [3.05, 3.63) is 11.3 Å². The molecule has 0 aromatic heterocycles. The standard InChI is InChI=1S/C18H34O3.H3O4P/c1-3-4-5-6-7-8-9-10-11-12-13-14-15-17(19)16(2)18(20)21;1-5(2,3)4/h19H,3-15H2,1-2H3,(H,20,21);(H3,1,2,3,4)/b17-16-;. The van der Waals surface area contributed by atoms with Crippen molar-refractivity contribution in [1.82, 2.24) is 0 Å². The molecule has 5 N–H and O–H groups in total. The summed E-state index contributed by atoms with van der Waals surface area (Å²) >= 11 is 0. The van der Waals surface area contributed by atoms with Gasteiger partial charge in [-0.2, -0.15) is 0 Å².